The molecule has 156 valence electrons. The zero-order valence-corrected chi connectivity index (χ0v) is 19.5. The van der Waals surface area contributed by atoms with Gasteiger partial charge in [-0.2, -0.15) is 4.68 Å². The van der Waals surface area contributed by atoms with Gasteiger partial charge < -0.3 is 4.43 Å². The van der Waals surface area contributed by atoms with Crippen LogP contribution in [-0.2, 0) is 14.3 Å². The summed E-state index contributed by atoms with van der Waals surface area (Å²) in [5.41, 5.74) is 0.0652. The first-order valence-corrected chi connectivity index (χ1v) is 14.1. The molecule has 0 N–H and O–H groups in total. The van der Waals surface area contributed by atoms with Crippen LogP contribution in [0.2, 0.25) is 18.1 Å². The molecule has 0 aliphatic heterocycles. The number of aromatic nitrogens is 4. The van der Waals surface area contributed by atoms with Crippen molar-refractivity contribution in [3.8, 4) is 5.69 Å². The minimum atomic E-state index is -3.69. The minimum absolute atomic E-state index is 0.0746. The summed E-state index contributed by atoms with van der Waals surface area (Å²) < 4.78 is 34.1. The highest BCUT2D eigenvalue weighted by Crippen LogP contribution is 2.33. The van der Waals surface area contributed by atoms with E-state index in [0.717, 1.165) is 18.1 Å². The standard InChI is InChI=1S/C19H32N4O3SSi/c1-7-28(8-2,9-3)26-19(5,6)16(4)15-27(24,25)18-20-21-22-23(18)17-13-11-10-12-14-17/h10-14,16H,7-9,15H2,1-6H3/t16-/m0/s1. The summed E-state index contributed by atoms with van der Waals surface area (Å²) in [6.07, 6.45) is 0. The number of para-hydroxylation sites is 1. The number of rotatable bonds is 10. The Morgan fingerprint density at radius 2 is 1.68 bits per heavy atom. The van der Waals surface area contributed by atoms with E-state index < -0.39 is 23.8 Å². The van der Waals surface area contributed by atoms with Gasteiger partial charge in [-0.3, -0.25) is 0 Å². The summed E-state index contributed by atoms with van der Waals surface area (Å²) in [7, 11) is -5.55. The van der Waals surface area contributed by atoms with Crippen LogP contribution in [0.15, 0.2) is 35.5 Å². The molecule has 2 rings (SSSR count). The average molecular weight is 425 g/mol. The van der Waals surface area contributed by atoms with Crippen LogP contribution in [0.4, 0.5) is 0 Å². The third-order valence-corrected chi connectivity index (χ3v) is 12.4. The highest BCUT2D eigenvalue weighted by Gasteiger charge is 2.40. The molecule has 2 aromatic rings. The zero-order valence-electron chi connectivity index (χ0n) is 17.7. The Labute approximate surface area is 169 Å². The van der Waals surface area contributed by atoms with Crippen LogP contribution in [0.5, 0.6) is 0 Å². The van der Waals surface area contributed by atoms with Gasteiger partial charge in [-0.25, -0.2) is 8.42 Å². The molecule has 0 bridgehead atoms. The van der Waals surface area contributed by atoms with E-state index in [4.69, 9.17) is 4.43 Å². The predicted molar refractivity (Wildman–Crippen MR) is 113 cm³/mol. The van der Waals surface area contributed by atoms with Crippen LogP contribution in [0.1, 0.15) is 41.5 Å². The summed E-state index contributed by atoms with van der Waals surface area (Å²) in [4.78, 5) is 0. The Balaban J connectivity index is 2.26. The zero-order chi connectivity index (χ0) is 21.0. The summed E-state index contributed by atoms with van der Waals surface area (Å²) in [6, 6.07) is 12.1. The number of tetrazole rings is 1. The largest absolute Gasteiger partial charge is 0.412 e. The van der Waals surface area contributed by atoms with Crippen molar-refractivity contribution >= 4 is 18.2 Å². The highest BCUT2D eigenvalue weighted by molar-refractivity contribution is 7.91. The van der Waals surface area contributed by atoms with Gasteiger partial charge in [0.1, 0.15) is 0 Å². The van der Waals surface area contributed by atoms with Gasteiger partial charge in [-0.05, 0) is 60.5 Å². The molecule has 0 aliphatic carbocycles. The Hall–Kier alpha value is -1.58. The van der Waals surface area contributed by atoms with Gasteiger partial charge in [0.15, 0.2) is 8.32 Å². The molecule has 0 radical (unpaired) electrons. The van der Waals surface area contributed by atoms with Crippen LogP contribution < -0.4 is 0 Å². The van der Waals surface area contributed by atoms with Crippen molar-refractivity contribution in [2.45, 2.75) is 70.4 Å². The van der Waals surface area contributed by atoms with E-state index in [1.54, 1.807) is 12.1 Å². The summed E-state index contributed by atoms with van der Waals surface area (Å²) >= 11 is 0. The van der Waals surface area contributed by atoms with Crippen LogP contribution in [0, 0.1) is 5.92 Å². The molecule has 9 heteroatoms. The predicted octanol–water partition coefficient (Wildman–Crippen LogP) is 3.87. The molecule has 1 aromatic heterocycles. The maximum Gasteiger partial charge on any atom is 0.272 e. The smallest absolute Gasteiger partial charge is 0.272 e. The quantitative estimate of drug-likeness (QED) is 0.538. The van der Waals surface area contributed by atoms with E-state index in [9.17, 15) is 8.42 Å². The second-order valence-corrected chi connectivity index (χ2v) is 14.5. The molecule has 0 saturated carbocycles. The first-order valence-electron chi connectivity index (χ1n) is 9.87. The molecule has 0 amide bonds. The first-order chi connectivity index (χ1) is 13.1. The lowest BCUT2D eigenvalue weighted by Crippen LogP contribution is -2.48. The molecule has 7 nitrogen and oxygen atoms in total. The number of benzene rings is 1. The monoisotopic (exact) mass is 424 g/mol. The van der Waals surface area contributed by atoms with Crippen LogP contribution in [0.3, 0.4) is 0 Å². The summed E-state index contributed by atoms with van der Waals surface area (Å²) in [5, 5.41) is 11.1. The summed E-state index contributed by atoms with van der Waals surface area (Å²) in [5.74, 6) is -0.288. The maximum atomic E-state index is 13.1. The van der Waals surface area contributed by atoms with E-state index in [1.807, 2.05) is 39.0 Å². The van der Waals surface area contributed by atoms with Crippen LogP contribution in [-0.4, -0.2) is 48.3 Å². The van der Waals surface area contributed by atoms with Gasteiger partial charge in [0.2, 0.25) is 9.84 Å². The van der Waals surface area contributed by atoms with E-state index in [-0.39, 0.29) is 16.8 Å². The third kappa shape index (κ3) is 4.87. The second-order valence-electron chi connectivity index (χ2n) is 7.84. The third-order valence-electron chi connectivity index (χ3n) is 5.79. The van der Waals surface area contributed by atoms with Gasteiger partial charge >= 0.3 is 0 Å². The molecular formula is C19H32N4O3SSi. The van der Waals surface area contributed by atoms with E-state index in [1.165, 1.54) is 4.68 Å². The molecule has 1 heterocycles. The van der Waals surface area contributed by atoms with Crippen molar-refractivity contribution in [1.29, 1.82) is 0 Å². The van der Waals surface area contributed by atoms with Crippen molar-refractivity contribution in [2.75, 3.05) is 5.75 Å². The number of sulfone groups is 1. The van der Waals surface area contributed by atoms with Crippen molar-refractivity contribution in [2.24, 2.45) is 5.92 Å². The lowest BCUT2D eigenvalue weighted by molar-refractivity contribution is 0.0487. The van der Waals surface area contributed by atoms with Crippen LogP contribution >= 0.6 is 0 Å². The molecule has 1 atom stereocenters. The molecular weight excluding hydrogens is 392 g/mol. The van der Waals surface area contributed by atoms with E-state index >= 15 is 0 Å². The molecule has 0 fully saturated rings. The number of nitrogens with zero attached hydrogens (tertiary/aromatic N) is 4. The van der Waals surface area contributed by atoms with Crippen molar-refractivity contribution in [3.63, 3.8) is 0 Å². The molecule has 0 aliphatic rings. The fraction of sp³-hybridized carbons (Fsp3) is 0.632. The molecule has 1 aromatic carbocycles. The Morgan fingerprint density at radius 1 is 1.11 bits per heavy atom. The Bertz CT molecular complexity index is 856. The first kappa shape index (κ1) is 22.7. The lowest BCUT2D eigenvalue weighted by Gasteiger charge is -2.41. The van der Waals surface area contributed by atoms with Gasteiger partial charge in [0.25, 0.3) is 5.16 Å². The highest BCUT2D eigenvalue weighted by atomic mass is 32.2. The SMILES string of the molecule is CC[Si](CC)(CC)OC(C)(C)[C@@H](C)CS(=O)(=O)c1nnnn1-c1ccccc1. The van der Waals surface area contributed by atoms with Crippen molar-refractivity contribution < 1.29 is 12.8 Å². The fourth-order valence-electron chi connectivity index (χ4n) is 3.33. The molecule has 0 saturated heterocycles. The van der Waals surface area contributed by atoms with Crippen molar-refractivity contribution in [1.82, 2.24) is 20.2 Å². The number of hydrogen-bond donors (Lipinski definition) is 0. The minimum Gasteiger partial charge on any atom is -0.412 e. The Kier molecular flexibility index (Phi) is 7.16. The van der Waals surface area contributed by atoms with E-state index in [0.29, 0.717) is 5.69 Å². The summed E-state index contributed by atoms with van der Waals surface area (Å²) in [6.45, 7) is 12.4. The van der Waals surface area contributed by atoms with E-state index in [2.05, 4.69) is 36.3 Å². The fourth-order valence-corrected chi connectivity index (χ4v) is 8.36. The van der Waals surface area contributed by atoms with Gasteiger partial charge in [-0.15, -0.1) is 0 Å². The molecule has 28 heavy (non-hydrogen) atoms. The average Bonchev–Trinajstić information content (AvgIpc) is 3.17. The van der Waals surface area contributed by atoms with Gasteiger partial charge in [-0.1, -0.05) is 51.0 Å². The topological polar surface area (TPSA) is 87.0 Å². The van der Waals surface area contributed by atoms with Crippen molar-refractivity contribution in [3.05, 3.63) is 30.3 Å². The normalized spacial score (nSPS) is 14.2. The molecule has 0 spiro atoms. The number of hydrogen-bond acceptors (Lipinski definition) is 6. The second kappa shape index (κ2) is 8.83. The maximum absolute atomic E-state index is 13.1. The van der Waals surface area contributed by atoms with Crippen LogP contribution in [0.25, 0.3) is 5.69 Å². The lowest BCUT2D eigenvalue weighted by atomic mass is 9.95. The van der Waals surface area contributed by atoms with Gasteiger partial charge in [0.05, 0.1) is 17.0 Å². The molecule has 0 unspecified atom stereocenters. The van der Waals surface area contributed by atoms with Gasteiger partial charge in [0, 0.05) is 0 Å². The Morgan fingerprint density at radius 3 is 2.21 bits per heavy atom.